The van der Waals surface area contributed by atoms with Crippen molar-refractivity contribution in [2.24, 2.45) is 4.99 Å². The molecular formula is C13H17N3O2. The number of carbonyl (C=O) groups excluding carboxylic acids is 1. The van der Waals surface area contributed by atoms with Gasteiger partial charge in [0.1, 0.15) is 6.61 Å². The zero-order valence-corrected chi connectivity index (χ0v) is 10.2. The minimum Gasteiger partial charge on any atom is -0.445 e. The molecule has 2 rings (SSSR count). The molecule has 0 bridgehead atoms. The Hall–Kier alpha value is -2.04. The highest BCUT2D eigenvalue weighted by Crippen LogP contribution is 2.00. The van der Waals surface area contributed by atoms with E-state index in [0.29, 0.717) is 13.2 Å². The summed E-state index contributed by atoms with van der Waals surface area (Å²) in [6.45, 7) is 2.56. The largest absolute Gasteiger partial charge is 0.445 e. The van der Waals surface area contributed by atoms with Gasteiger partial charge >= 0.3 is 6.09 Å². The summed E-state index contributed by atoms with van der Waals surface area (Å²) in [6.07, 6.45) is 0.331. The van der Waals surface area contributed by atoms with E-state index < -0.39 is 6.09 Å². The molecular weight excluding hydrogens is 230 g/mol. The summed E-state index contributed by atoms with van der Waals surface area (Å²) in [5.41, 5.74) is 0.981. The van der Waals surface area contributed by atoms with Gasteiger partial charge in [0.25, 0.3) is 0 Å². The maximum atomic E-state index is 11.4. The molecule has 5 nitrogen and oxygen atoms in total. The average Bonchev–Trinajstić information content (AvgIpc) is 2.91. The Morgan fingerprint density at radius 1 is 1.39 bits per heavy atom. The van der Waals surface area contributed by atoms with Gasteiger partial charge in [0.2, 0.25) is 0 Å². The van der Waals surface area contributed by atoms with Crippen molar-refractivity contribution in [1.82, 2.24) is 10.6 Å². The second-order valence-corrected chi connectivity index (χ2v) is 3.99. The highest BCUT2D eigenvalue weighted by atomic mass is 16.5. The van der Waals surface area contributed by atoms with E-state index in [2.05, 4.69) is 15.6 Å². The third kappa shape index (κ3) is 4.08. The van der Waals surface area contributed by atoms with Crippen molar-refractivity contribution in [2.75, 3.05) is 19.6 Å². The number of nitrogens with one attached hydrogen (secondary N) is 2. The van der Waals surface area contributed by atoms with Crippen LogP contribution in [0.2, 0.25) is 0 Å². The van der Waals surface area contributed by atoms with E-state index in [1.165, 1.54) is 0 Å². The fourth-order valence-electron chi connectivity index (χ4n) is 1.67. The minimum atomic E-state index is -0.391. The molecule has 0 saturated heterocycles. The number of hydrogen-bond donors (Lipinski definition) is 2. The molecule has 0 fully saturated rings. The quantitative estimate of drug-likeness (QED) is 0.824. The standard InChI is InChI=1S/C13H17N3O2/c17-13(16-7-6-12-14-8-9-15-12)18-10-11-4-2-1-3-5-11/h1-5H,6-10H2,(H,14,15)(H,16,17). The van der Waals surface area contributed by atoms with Gasteiger partial charge in [-0.05, 0) is 5.56 Å². The maximum absolute atomic E-state index is 11.4. The molecule has 1 aliphatic rings. The van der Waals surface area contributed by atoms with Crippen LogP contribution in [0.5, 0.6) is 0 Å². The second kappa shape index (κ2) is 6.64. The lowest BCUT2D eigenvalue weighted by molar-refractivity contribution is 0.140. The smallest absolute Gasteiger partial charge is 0.407 e. The number of amidine groups is 1. The number of carbonyl (C=O) groups is 1. The lowest BCUT2D eigenvalue weighted by atomic mass is 10.2. The van der Waals surface area contributed by atoms with Crippen LogP contribution in [0.1, 0.15) is 12.0 Å². The molecule has 1 aromatic rings. The Balaban J connectivity index is 1.60. The van der Waals surface area contributed by atoms with Gasteiger partial charge in [-0.3, -0.25) is 4.99 Å². The summed E-state index contributed by atoms with van der Waals surface area (Å²) in [6, 6.07) is 9.61. The Bertz CT molecular complexity index is 418. The van der Waals surface area contributed by atoms with Crippen molar-refractivity contribution in [2.45, 2.75) is 13.0 Å². The lowest BCUT2D eigenvalue weighted by Gasteiger charge is -2.07. The van der Waals surface area contributed by atoms with Crippen molar-refractivity contribution in [3.8, 4) is 0 Å². The monoisotopic (exact) mass is 247 g/mol. The van der Waals surface area contributed by atoms with E-state index in [4.69, 9.17) is 4.74 Å². The van der Waals surface area contributed by atoms with Crippen LogP contribution in [0, 0.1) is 0 Å². The first kappa shape index (κ1) is 12.4. The molecule has 0 spiro atoms. The zero-order valence-electron chi connectivity index (χ0n) is 10.2. The van der Waals surface area contributed by atoms with Crippen LogP contribution in [0.3, 0.4) is 0 Å². The zero-order chi connectivity index (χ0) is 12.6. The van der Waals surface area contributed by atoms with E-state index >= 15 is 0 Å². The highest BCUT2D eigenvalue weighted by Gasteiger charge is 2.06. The fourth-order valence-corrected chi connectivity index (χ4v) is 1.67. The van der Waals surface area contributed by atoms with E-state index in [1.54, 1.807) is 0 Å². The summed E-state index contributed by atoms with van der Waals surface area (Å²) in [5, 5.41) is 5.84. The van der Waals surface area contributed by atoms with E-state index in [0.717, 1.165) is 30.9 Å². The summed E-state index contributed by atoms with van der Waals surface area (Å²) in [7, 11) is 0. The molecule has 0 unspecified atom stereocenters. The lowest BCUT2D eigenvalue weighted by Crippen LogP contribution is -2.29. The van der Waals surface area contributed by atoms with Crippen LogP contribution in [0.15, 0.2) is 35.3 Å². The third-order valence-corrected chi connectivity index (χ3v) is 2.59. The topological polar surface area (TPSA) is 62.7 Å². The summed E-state index contributed by atoms with van der Waals surface area (Å²) >= 11 is 0. The Kier molecular flexibility index (Phi) is 4.58. The first-order valence-corrected chi connectivity index (χ1v) is 6.06. The van der Waals surface area contributed by atoms with E-state index in [-0.39, 0.29) is 0 Å². The molecule has 18 heavy (non-hydrogen) atoms. The number of amides is 1. The minimum absolute atomic E-state index is 0.297. The number of alkyl carbamates (subject to hydrolysis) is 1. The maximum Gasteiger partial charge on any atom is 0.407 e. The number of nitrogens with zero attached hydrogens (tertiary/aromatic N) is 1. The van der Waals surface area contributed by atoms with Crippen LogP contribution >= 0.6 is 0 Å². The molecule has 96 valence electrons. The van der Waals surface area contributed by atoms with Crippen LogP contribution in [0.4, 0.5) is 4.79 Å². The highest BCUT2D eigenvalue weighted by molar-refractivity contribution is 5.84. The summed E-state index contributed by atoms with van der Waals surface area (Å²) in [4.78, 5) is 15.6. The van der Waals surface area contributed by atoms with Gasteiger partial charge in [0.05, 0.1) is 12.4 Å². The van der Waals surface area contributed by atoms with Crippen molar-refractivity contribution in [1.29, 1.82) is 0 Å². The van der Waals surface area contributed by atoms with Gasteiger partial charge in [-0.15, -0.1) is 0 Å². The van der Waals surface area contributed by atoms with Crippen LogP contribution < -0.4 is 10.6 Å². The predicted octanol–water partition coefficient (Wildman–Crippen LogP) is 1.30. The molecule has 0 saturated carbocycles. The predicted molar refractivity (Wildman–Crippen MR) is 69.6 cm³/mol. The van der Waals surface area contributed by atoms with E-state index in [9.17, 15) is 4.79 Å². The normalized spacial score (nSPS) is 13.7. The first-order chi connectivity index (χ1) is 8.84. The van der Waals surface area contributed by atoms with Gasteiger partial charge in [0.15, 0.2) is 0 Å². The van der Waals surface area contributed by atoms with Crippen LogP contribution in [-0.4, -0.2) is 31.6 Å². The van der Waals surface area contributed by atoms with Crippen molar-refractivity contribution < 1.29 is 9.53 Å². The number of ether oxygens (including phenoxy) is 1. The Morgan fingerprint density at radius 3 is 2.94 bits per heavy atom. The van der Waals surface area contributed by atoms with Crippen molar-refractivity contribution >= 4 is 11.9 Å². The molecule has 1 amide bonds. The van der Waals surface area contributed by atoms with Crippen molar-refractivity contribution in [3.05, 3.63) is 35.9 Å². The number of hydrogen-bond acceptors (Lipinski definition) is 4. The third-order valence-electron chi connectivity index (χ3n) is 2.59. The van der Waals surface area contributed by atoms with Gasteiger partial charge < -0.3 is 15.4 Å². The van der Waals surface area contributed by atoms with Gasteiger partial charge in [0, 0.05) is 19.5 Å². The summed E-state index contributed by atoms with van der Waals surface area (Å²) < 4.78 is 5.08. The van der Waals surface area contributed by atoms with Crippen LogP contribution in [-0.2, 0) is 11.3 Å². The van der Waals surface area contributed by atoms with Crippen LogP contribution in [0.25, 0.3) is 0 Å². The molecule has 0 aromatic heterocycles. The molecule has 2 N–H and O–H groups in total. The van der Waals surface area contributed by atoms with Gasteiger partial charge in [-0.2, -0.15) is 0 Å². The second-order valence-electron chi connectivity index (χ2n) is 3.99. The van der Waals surface area contributed by atoms with Crippen molar-refractivity contribution in [3.63, 3.8) is 0 Å². The van der Waals surface area contributed by atoms with Gasteiger partial charge in [-0.25, -0.2) is 4.79 Å². The van der Waals surface area contributed by atoms with Gasteiger partial charge in [-0.1, -0.05) is 30.3 Å². The number of aliphatic imine (C=N–C) groups is 1. The molecule has 5 heteroatoms. The average molecular weight is 247 g/mol. The molecule has 0 atom stereocenters. The molecule has 0 aliphatic carbocycles. The number of rotatable bonds is 5. The Morgan fingerprint density at radius 2 is 2.22 bits per heavy atom. The SMILES string of the molecule is O=C(NCCC1=NCCN1)OCc1ccccc1. The molecule has 1 aromatic carbocycles. The molecule has 0 radical (unpaired) electrons. The molecule has 1 aliphatic heterocycles. The summed E-state index contributed by atoms with van der Waals surface area (Å²) in [5.74, 6) is 0.957. The first-order valence-electron chi connectivity index (χ1n) is 6.06. The Labute approximate surface area is 106 Å². The molecule has 1 heterocycles. The number of benzene rings is 1. The fraction of sp³-hybridized carbons (Fsp3) is 0.385. The van der Waals surface area contributed by atoms with E-state index in [1.807, 2.05) is 30.3 Å².